The molecular weight excluding hydrogens is 844 g/mol. The van der Waals surface area contributed by atoms with E-state index in [4.69, 9.17) is 5.11 Å². The minimum Gasteiger partial charge on any atom is -0.512 e. The molecule has 0 atom stereocenters. The number of rotatable bonds is 5. The third-order valence-electron chi connectivity index (χ3n) is 9.90. The average molecular weight is 893 g/mol. The van der Waals surface area contributed by atoms with E-state index in [1.807, 2.05) is 15.9 Å². The fourth-order valence-electron chi connectivity index (χ4n) is 7.09. The van der Waals surface area contributed by atoms with Crippen molar-refractivity contribution >= 4 is 48.1 Å². The first-order valence-electron chi connectivity index (χ1n) is 17.4. The summed E-state index contributed by atoms with van der Waals surface area (Å²) in [7, 11) is 4.43. The maximum atomic E-state index is 11.6. The number of benzene rings is 3. The molecule has 0 bridgehead atoms. The molecule has 1 saturated carbocycles. The monoisotopic (exact) mass is 893 g/mol. The molecule has 3 aromatic carbocycles. The molecule has 51 heavy (non-hydrogen) atoms. The molecule has 0 aliphatic heterocycles. The molecule has 3 nitrogen and oxygen atoms in total. The van der Waals surface area contributed by atoms with Crippen LogP contribution >= 0.6 is 11.3 Å². The fraction of sp³-hybridized carbons (Fsp3) is 0.395. The number of aliphatic hydroxyl groups excluding tert-OH is 1. The number of carbonyl (C=O) groups is 1. The second-order valence-electron chi connectivity index (χ2n) is 16.0. The minimum atomic E-state index is -4.90. The van der Waals surface area contributed by atoms with Crippen molar-refractivity contribution in [3.8, 4) is 11.3 Å². The van der Waals surface area contributed by atoms with Crippen molar-refractivity contribution < 1.29 is 47.7 Å². The Balaban J connectivity index is 0.000000358. The van der Waals surface area contributed by atoms with Crippen LogP contribution in [0.15, 0.2) is 72.6 Å². The summed E-state index contributed by atoms with van der Waals surface area (Å²) in [6.45, 7) is 19.8. The number of ketones is 1. The minimum absolute atomic E-state index is 0. The van der Waals surface area contributed by atoms with E-state index in [0.717, 1.165) is 5.56 Å². The van der Waals surface area contributed by atoms with Gasteiger partial charge in [-0.15, -0.1) is 34.4 Å². The first kappa shape index (κ1) is 40.4. The van der Waals surface area contributed by atoms with Crippen LogP contribution in [-0.2, 0) is 30.3 Å². The van der Waals surface area contributed by atoms with E-state index < -0.39 is 17.7 Å². The quantitative estimate of drug-likeness (QED) is 0.0827. The Morgan fingerprint density at radius 1 is 1.00 bits per heavy atom. The van der Waals surface area contributed by atoms with E-state index in [-0.39, 0.29) is 43.9 Å². The Kier molecular flexibility index (Phi) is 12.2. The van der Waals surface area contributed by atoms with Crippen molar-refractivity contribution in [1.29, 1.82) is 0 Å². The predicted molar refractivity (Wildman–Crippen MR) is 203 cm³/mol. The molecule has 1 aliphatic rings. The molecule has 275 valence electrons. The summed E-state index contributed by atoms with van der Waals surface area (Å²) in [6.07, 6.45) is 2.74. The van der Waals surface area contributed by atoms with E-state index in [0.29, 0.717) is 11.3 Å². The van der Waals surface area contributed by atoms with E-state index in [1.165, 1.54) is 79.0 Å². The van der Waals surface area contributed by atoms with Crippen LogP contribution in [0.4, 0.5) is 13.2 Å². The van der Waals surface area contributed by atoms with Gasteiger partial charge in [0.2, 0.25) is 0 Å². The van der Waals surface area contributed by atoms with Crippen LogP contribution in [-0.4, -0.2) is 17.1 Å². The average Bonchev–Trinajstić information content (AvgIpc) is 3.38. The van der Waals surface area contributed by atoms with Crippen molar-refractivity contribution in [3.05, 3.63) is 103 Å². The molecule has 2 aromatic heterocycles. The van der Waals surface area contributed by atoms with E-state index in [9.17, 15) is 18.0 Å². The van der Waals surface area contributed by atoms with Gasteiger partial charge in [0.15, 0.2) is 0 Å². The second kappa shape index (κ2) is 15.3. The van der Waals surface area contributed by atoms with E-state index in [2.05, 4.69) is 109 Å². The van der Waals surface area contributed by atoms with Crippen molar-refractivity contribution in [2.75, 3.05) is 0 Å². The van der Waals surface area contributed by atoms with Gasteiger partial charge in [0.1, 0.15) is 0 Å². The smallest absolute Gasteiger partial charge is 0.454 e. The summed E-state index contributed by atoms with van der Waals surface area (Å²) in [5.74, 6) is -1.86. The number of hydrogen-bond acceptors (Lipinski definition) is 3. The number of thiophene rings is 1. The first-order chi connectivity index (χ1) is 23.3. The van der Waals surface area contributed by atoms with Crippen LogP contribution in [0.5, 0.6) is 0 Å². The van der Waals surface area contributed by atoms with Crippen molar-refractivity contribution in [3.63, 3.8) is 0 Å². The maximum absolute atomic E-state index is 11.6. The van der Waals surface area contributed by atoms with Crippen LogP contribution in [0.2, 0.25) is 0 Å². The zero-order chi connectivity index (χ0) is 36.8. The molecule has 0 spiro atoms. The Morgan fingerprint density at radius 3 is 2.22 bits per heavy atom. The van der Waals surface area contributed by atoms with Gasteiger partial charge in [-0.25, -0.2) is 0 Å². The Labute approximate surface area is 318 Å². The normalized spacial score (nSPS) is 15.5. The topological polar surface area (TPSA) is 41.2 Å². The van der Waals surface area contributed by atoms with Crippen LogP contribution < -0.4 is 4.57 Å². The summed E-state index contributed by atoms with van der Waals surface area (Å²) in [4.78, 5) is 10.3. The Bertz CT molecular complexity index is 2080. The number of alkyl halides is 3. The first-order valence-corrected chi connectivity index (χ1v) is 18.2. The zero-order valence-electron chi connectivity index (χ0n) is 30.6. The van der Waals surface area contributed by atoms with Gasteiger partial charge in [-0.05, 0) is 76.8 Å². The van der Waals surface area contributed by atoms with Gasteiger partial charge in [0, 0.05) is 49.0 Å². The molecule has 0 amide bonds. The van der Waals surface area contributed by atoms with Crippen molar-refractivity contribution in [2.24, 2.45) is 11.3 Å². The number of nitrogens with zero attached hydrogens (tertiary/aromatic N) is 1. The van der Waals surface area contributed by atoms with Gasteiger partial charge < -0.3 is 9.67 Å². The fourth-order valence-corrected chi connectivity index (χ4v) is 8.40. The number of halogens is 3. The van der Waals surface area contributed by atoms with E-state index in [1.54, 1.807) is 13.8 Å². The number of pyridine rings is 1. The molecule has 2 heterocycles. The van der Waals surface area contributed by atoms with Crippen molar-refractivity contribution in [2.45, 2.75) is 98.1 Å². The molecule has 1 radical (unpaired) electrons. The number of aliphatic hydroxyl groups is 1. The molecule has 6 rings (SSSR count). The van der Waals surface area contributed by atoms with Gasteiger partial charge in [0.25, 0.3) is 5.78 Å². The third kappa shape index (κ3) is 9.01. The van der Waals surface area contributed by atoms with Gasteiger partial charge in [0.05, 0.1) is 17.6 Å². The SMILES string of the molecule is CC(C)C/C(O)=C/C(=O)C(F)(F)F.[CH2-]c1c(-c2c3sc4cc(C5CCC(C)(C)CC5)ccc4c3cc[n+]2[CH2-])cc(C(C)(C)C)c2ccccc12.[Ir]. The molecule has 5 aromatic rings. The largest absolute Gasteiger partial charge is 0.512 e. The van der Waals surface area contributed by atoms with Crippen molar-refractivity contribution in [1.82, 2.24) is 0 Å². The van der Waals surface area contributed by atoms with E-state index >= 15 is 0 Å². The molecule has 8 heteroatoms. The molecular formula is C43H49F3IrNO2S-. The molecule has 0 saturated heterocycles. The predicted octanol–water partition coefficient (Wildman–Crippen LogP) is 12.6. The number of aromatic nitrogens is 1. The standard InChI is InChI=1S/C35H38NS.C8H11F3O2.Ir/c1-22-25-10-8-9-11-26(25)30(34(2,3)4)21-29(22)32-33-28(16-19-36(32)7)27-13-12-24(20-31(27)37-33)23-14-17-35(5,6)18-15-23;1-5(2)3-6(12)4-7(13)8(9,10)11;/h8-13,16,19-21,23H,1,7,14-15,17-18H2,2-6H3;4-5,12H,3H2,1-2H3;/q-1;;/b;6-4-;. The number of carbonyl (C=O) groups excluding carboxylic acids is 1. The summed E-state index contributed by atoms with van der Waals surface area (Å²) >= 11 is 1.91. The second-order valence-corrected chi connectivity index (χ2v) is 17.1. The van der Waals surface area contributed by atoms with Crippen LogP contribution in [0.1, 0.15) is 103 Å². The summed E-state index contributed by atoms with van der Waals surface area (Å²) in [5.41, 5.74) is 6.81. The molecule has 0 unspecified atom stereocenters. The molecule has 1 N–H and O–H groups in total. The maximum Gasteiger partial charge on any atom is 0.454 e. The van der Waals surface area contributed by atoms with Gasteiger partial charge >= 0.3 is 6.18 Å². The number of hydrogen-bond donors (Lipinski definition) is 1. The van der Waals surface area contributed by atoms with Gasteiger partial charge in [-0.2, -0.15) is 25.7 Å². The number of fused-ring (bicyclic) bond motifs is 4. The van der Waals surface area contributed by atoms with Gasteiger partial charge in [-0.1, -0.05) is 89.7 Å². The van der Waals surface area contributed by atoms with Crippen LogP contribution in [0, 0.1) is 25.3 Å². The Hall–Kier alpha value is -3.32. The zero-order valence-corrected chi connectivity index (χ0v) is 33.8. The van der Waals surface area contributed by atoms with Crippen LogP contribution in [0.25, 0.3) is 42.2 Å². The molecule has 1 aliphatic carbocycles. The summed E-state index contributed by atoms with van der Waals surface area (Å²) in [5, 5.41) is 14.1. The third-order valence-corrected chi connectivity index (χ3v) is 11.1. The molecule has 1 fully saturated rings. The summed E-state index contributed by atoms with van der Waals surface area (Å²) in [6, 6.07) is 20.6. The Morgan fingerprint density at radius 2 is 1.63 bits per heavy atom. The number of allylic oxidation sites excluding steroid dienone is 2. The summed E-state index contributed by atoms with van der Waals surface area (Å²) < 4.78 is 39.7. The van der Waals surface area contributed by atoms with Crippen LogP contribution in [0.3, 0.4) is 0 Å². The van der Waals surface area contributed by atoms with Gasteiger partial charge in [-0.3, -0.25) is 4.79 Å².